The number of para-hydroxylation sites is 1. The van der Waals surface area contributed by atoms with Crippen molar-refractivity contribution < 1.29 is 4.79 Å². The molecule has 7 rings (SSSR count). The number of amides is 1. The maximum absolute atomic E-state index is 13.6. The molecule has 1 saturated heterocycles. The van der Waals surface area contributed by atoms with Crippen LogP contribution < -0.4 is 5.73 Å². The largest absolute Gasteiger partial charge is 0.383 e. The van der Waals surface area contributed by atoms with Crippen molar-refractivity contribution in [2.75, 3.05) is 31.9 Å². The molecule has 6 nitrogen and oxygen atoms in total. The predicted octanol–water partition coefficient (Wildman–Crippen LogP) is 3.07. The van der Waals surface area contributed by atoms with Crippen LogP contribution in [0.25, 0.3) is 10.9 Å². The maximum Gasteiger partial charge on any atom is 0.228 e. The van der Waals surface area contributed by atoms with E-state index in [1.54, 1.807) is 0 Å². The van der Waals surface area contributed by atoms with Crippen LogP contribution in [0.1, 0.15) is 44.3 Å². The van der Waals surface area contributed by atoms with E-state index < -0.39 is 0 Å². The third kappa shape index (κ3) is 3.08. The summed E-state index contributed by atoms with van der Waals surface area (Å²) in [5.41, 5.74) is 7.02. The Morgan fingerprint density at radius 3 is 2.27 bits per heavy atom. The molecule has 4 bridgehead atoms. The van der Waals surface area contributed by atoms with E-state index in [2.05, 4.69) is 14.8 Å². The molecule has 0 spiro atoms. The molecule has 4 aliphatic carbocycles. The topological polar surface area (TPSA) is 75.3 Å². The highest BCUT2D eigenvalue weighted by atomic mass is 16.2. The highest BCUT2D eigenvalue weighted by Crippen LogP contribution is 2.60. The van der Waals surface area contributed by atoms with Crippen LogP contribution in [0.5, 0.6) is 0 Å². The summed E-state index contributed by atoms with van der Waals surface area (Å²) in [6.07, 6.45) is 7.62. The number of nitrogen functional groups attached to an aromatic ring is 1. The van der Waals surface area contributed by atoms with E-state index in [0.717, 1.165) is 79.9 Å². The molecule has 30 heavy (non-hydrogen) atoms. The van der Waals surface area contributed by atoms with Crippen molar-refractivity contribution in [3.63, 3.8) is 0 Å². The number of aromatic nitrogens is 2. The molecule has 4 saturated carbocycles. The lowest BCUT2D eigenvalue weighted by atomic mass is 9.49. The van der Waals surface area contributed by atoms with Gasteiger partial charge in [-0.05, 0) is 68.4 Å². The van der Waals surface area contributed by atoms with E-state index >= 15 is 0 Å². The van der Waals surface area contributed by atoms with Gasteiger partial charge >= 0.3 is 0 Å². The smallest absolute Gasteiger partial charge is 0.228 e. The van der Waals surface area contributed by atoms with E-state index in [4.69, 9.17) is 10.7 Å². The number of nitrogens with zero attached hydrogens (tertiary/aromatic N) is 4. The molecule has 5 aliphatic rings. The summed E-state index contributed by atoms with van der Waals surface area (Å²) in [7, 11) is 0. The van der Waals surface area contributed by atoms with Gasteiger partial charge < -0.3 is 10.6 Å². The minimum absolute atomic E-state index is 0.0210. The van der Waals surface area contributed by atoms with Gasteiger partial charge in [-0.1, -0.05) is 12.1 Å². The van der Waals surface area contributed by atoms with Gasteiger partial charge in [0.25, 0.3) is 0 Å². The second-order valence-electron chi connectivity index (χ2n) is 10.3. The first kappa shape index (κ1) is 18.6. The van der Waals surface area contributed by atoms with E-state index in [9.17, 15) is 4.79 Å². The van der Waals surface area contributed by atoms with Gasteiger partial charge in [0.05, 0.1) is 17.5 Å². The van der Waals surface area contributed by atoms with Crippen LogP contribution in [-0.4, -0.2) is 51.9 Å². The van der Waals surface area contributed by atoms with Crippen molar-refractivity contribution in [2.45, 2.75) is 45.1 Å². The fourth-order valence-electron chi connectivity index (χ4n) is 7.24. The zero-order chi connectivity index (χ0) is 20.3. The summed E-state index contributed by atoms with van der Waals surface area (Å²) in [4.78, 5) is 27.3. The number of anilines is 1. The second kappa shape index (κ2) is 6.91. The van der Waals surface area contributed by atoms with Crippen molar-refractivity contribution in [3.05, 3.63) is 30.1 Å². The number of piperazine rings is 1. The number of benzene rings is 1. The number of carbonyl (C=O) groups is 1. The van der Waals surface area contributed by atoms with Gasteiger partial charge in [-0.3, -0.25) is 9.69 Å². The second-order valence-corrected chi connectivity index (χ2v) is 10.3. The number of rotatable bonds is 3. The monoisotopic (exact) mass is 405 g/mol. The molecule has 0 radical (unpaired) electrons. The number of hydrogen-bond donors (Lipinski definition) is 1. The molecule has 2 N–H and O–H groups in total. The lowest BCUT2D eigenvalue weighted by Crippen LogP contribution is -2.58. The molecule has 1 amide bonds. The van der Waals surface area contributed by atoms with E-state index in [0.29, 0.717) is 18.3 Å². The third-order valence-corrected chi connectivity index (χ3v) is 8.20. The van der Waals surface area contributed by atoms with Gasteiger partial charge in [0.15, 0.2) is 0 Å². The summed E-state index contributed by atoms with van der Waals surface area (Å²) >= 11 is 0. The van der Waals surface area contributed by atoms with Gasteiger partial charge in [0, 0.05) is 31.6 Å². The maximum atomic E-state index is 13.6. The van der Waals surface area contributed by atoms with Crippen molar-refractivity contribution >= 4 is 22.6 Å². The number of nitrogens with two attached hydrogens (primary N) is 1. The van der Waals surface area contributed by atoms with Gasteiger partial charge in [-0.2, -0.15) is 0 Å². The van der Waals surface area contributed by atoms with Crippen LogP contribution in [0.15, 0.2) is 24.3 Å². The Hall–Kier alpha value is -2.21. The molecule has 0 atom stereocenters. The Kier molecular flexibility index (Phi) is 4.27. The van der Waals surface area contributed by atoms with Crippen molar-refractivity contribution in [3.8, 4) is 0 Å². The van der Waals surface area contributed by atoms with Crippen LogP contribution in [0.4, 0.5) is 5.82 Å². The molecule has 0 unspecified atom stereocenters. The van der Waals surface area contributed by atoms with E-state index in [1.165, 1.54) is 19.3 Å². The fraction of sp³-hybridized carbons (Fsp3) is 0.625. The first-order valence-electron chi connectivity index (χ1n) is 11.6. The molecule has 1 aromatic heterocycles. The molecule has 6 heteroatoms. The standard InChI is InChI=1S/C24H31N5O/c25-22-19-3-1-2-4-20(19)26-21(27-22)15-28-5-7-29(8-6-28)23(30)24-12-16-9-17(13-24)11-18(10-16)14-24/h1-4,16-18H,5-15H2,(H2,25,26,27). The molecule has 2 heterocycles. The molecule has 1 aliphatic heterocycles. The highest BCUT2D eigenvalue weighted by Gasteiger charge is 2.55. The summed E-state index contributed by atoms with van der Waals surface area (Å²) in [6, 6.07) is 7.89. The fourth-order valence-corrected chi connectivity index (χ4v) is 7.24. The zero-order valence-electron chi connectivity index (χ0n) is 17.6. The number of fused-ring (bicyclic) bond motifs is 1. The van der Waals surface area contributed by atoms with Crippen molar-refractivity contribution in [1.82, 2.24) is 19.8 Å². The lowest BCUT2D eigenvalue weighted by molar-refractivity contribution is -0.159. The minimum atomic E-state index is -0.0210. The van der Waals surface area contributed by atoms with Gasteiger partial charge in [0.1, 0.15) is 11.6 Å². The molecular formula is C24H31N5O. The van der Waals surface area contributed by atoms with Crippen molar-refractivity contribution in [2.24, 2.45) is 23.2 Å². The van der Waals surface area contributed by atoms with Gasteiger partial charge in [-0.15, -0.1) is 0 Å². The third-order valence-electron chi connectivity index (χ3n) is 8.20. The van der Waals surface area contributed by atoms with Crippen LogP contribution >= 0.6 is 0 Å². The van der Waals surface area contributed by atoms with Gasteiger partial charge in [0.2, 0.25) is 5.91 Å². The average Bonchev–Trinajstić information content (AvgIpc) is 2.73. The number of hydrogen-bond acceptors (Lipinski definition) is 5. The molecular weight excluding hydrogens is 374 g/mol. The summed E-state index contributed by atoms with van der Waals surface area (Å²) < 4.78 is 0. The first-order chi connectivity index (χ1) is 14.6. The van der Waals surface area contributed by atoms with Crippen molar-refractivity contribution in [1.29, 1.82) is 0 Å². The van der Waals surface area contributed by atoms with E-state index in [-0.39, 0.29) is 5.41 Å². The molecule has 1 aromatic carbocycles. The SMILES string of the molecule is Nc1nc(CN2CCN(C(=O)C34CC5CC(CC(C5)C3)C4)CC2)nc2ccccc12. The highest BCUT2D eigenvalue weighted by molar-refractivity contribution is 5.87. The quantitative estimate of drug-likeness (QED) is 0.849. The van der Waals surface area contributed by atoms with Crippen LogP contribution in [0.3, 0.4) is 0 Å². The predicted molar refractivity (Wildman–Crippen MR) is 116 cm³/mol. The molecule has 2 aromatic rings. The van der Waals surface area contributed by atoms with Crippen LogP contribution in [-0.2, 0) is 11.3 Å². The molecule has 5 fully saturated rings. The first-order valence-corrected chi connectivity index (χ1v) is 11.6. The zero-order valence-corrected chi connectivity index (χ0v) is 17.6. The summed E-state index contributed by atoms with van der Waals surface area (Å²) in [6.45, 7) is 4.10. The Morgan fingerprint density at radius 1 is 0.967 bits per heavy atom. The minimum Gasteiger partial charge on any atom is -0.383 e. The van der Waals surface area contributed by atoms with E-state index in [1.807, 2.05) is 24.3 Å². The normalized spacial score (nSPS) is 33.3. The Balaban J connectivity index is 1.11. The Morgan fingerprint density at radius 2 is 1.60 bits per heavy atom. The summed E-state index contributed by atoms with van der Waals surface area (Å²) in [5, 5.41) is 0.909. The summed E-state index contributed by atoms with van der Waals surface area (Å²) in [5.74, 6) is 4.23. The number of carbonyl (C=O) groups excluding carboxylic acids is 1. The molecule has 158 valence electrons. The average molecular weight is 406 g/mol. The van der Waals surface area contributed by atoms with Gasteiger partial charge in [-0.25, -0.2) is 9.97 Å². The van der Waals surface area contributed by atoms with Crippen LogP contribution in [0.2, 0.25) is 0 Å². The Bertz CT molecular complexity index is 945. The lowest BCUT2D eigenvalue weighted by Gasteiger charge is -2.57. The van der Waals surface area contributed by atoms with Crippen LogP contribution in [0, 0.1) is 23.2 Å². The Labute approximate surface area is 177 Å².